The molecule has 5 heteroatoms. The second kappa shape index (κ2) is 5.63. The molecule has 1 aliphatic heterocycles. The van der Waals surface area contributed by atoms with Crippen LogP contribution in [-0.2, 0) is 14.3 Å². The molecule has 0 aliphatic carbocycles. The summed E-state index contributed by atoms with van der Waals surface area (Å²) in [6.45, 7) is 3.76. The number of hydrogen-bond donors (Lipinski definition) is 2. The molecular weight excluding hydrogens is 222 g/mol. The predicted molar refractivity (Wildman–Crippen MR) is 62.4 cm³/mol. The molecule has 1 rings (SSSR count). The molecule has 5 nitrogen and oxygen atoms in total. The number of aliphatic carboxylic acids is 1. The first kappa shape index (κ1) is 13.4. The van der Waals surface area contributed by atoms with Gasteiger partial charge in [-0.2, -0.15) is 0 Å². The van der Waals surface area contributed by atoms with E-state index < -0.39 is 17.4 Å². The quantitative estimate of drug-likeness (QED) is 0.560. The fourth-order valence-electron chi connectivity index (χ4n) is 1.56. The Hall–Kier alpha value is -1.62. The van der Waals surface area contributed by atoms with E-state index in [-0.39, 0.29) is 19.1 Å². The monoisotopic (exact) mass is 239 g/mol. The molecule has 1 amide bonds. The van der Waals surface area contributed by atoms with Crippen LogP contribution in [0, 0.1) is 5.41 Å². The number of rotatable bonds is 4. The third-order valence-electron chi connectivity index (χ3n) is 2.81. The van der Waals surface area contributed by atoms with E-state index in [1.54, 1.807) is 25.2 Å². The van der Waals surface area contributed by atoms with Gasteiger partial charge in [0.2, 0.25) is 5.91 Å². The van der Waals surface area contributed by atoms with Crippen LogP contribution in [0.5, 0.6) is 0 Å². The normalized spacial score (nSPS) is 28.9. The van der Waals surface area contributed by atoms with Crippen molar-refractivity contribution in [2.24, 2.45) is 5.41 Å². The summed E-state index contributed by atoms with van der Waals surface area (Å²) in [5.41, 5.74) is -1.05. The molecule has 2 N–H and O–H groups in total. The maximum atomic E-state index is 11.5. The number of carboxylic acid groups (broad SMARTS) is 1. The zero-order valence-electron chi connectivity index (χ0n) is 9.97. The molecule has 0 bridgehead atoms. The number of carbonyl (C=O) groups excluding carboxylic acids is 1. The van der Waals surface area contributed by atoms with Crippen molar-refractivity contribution in [1.82, 2.24) is 5.32 Å². The van der Waals surface area contributed by atoms with Crippen LogP contribution in [0.25, 0.3) is 0 Å². The molecule has 0 aromatic carbocycles. The van der Waals surface area contributed by atoms with E-state index in [9.17, 15) is 9.59 Å². The highest BCUT2D eigenvalue weighted by molar-refractivity contribution is 5.89. The Morgan fingerprint density at radius 1 is 1.47 bits per heavy atom. The smallest absolute Gasteiger partial charge is 0.313 e. The molecule has 1 saturated heterocycles. The summed E-state index contributed by atoms with van der Waals surface area (Å²) in [6.07, 6.45) is 6.48. The number of nitrogens with one attached hydrogen (secondary N) is 1. The Morgan fingerprint density at radius 3 is 2.76 bits per heavy atom. The first-order valence-electron chi connectivity index (χ1n) is 5.41. The van der Waals surface area contributed by atoms with Gasteiger partial charge >= 0.3 is 5.97 Å². The number of carbonyl (C=O) groups is 2. The average molecular weight is 239 g/mol. The Bertz CT molecular complexity index is 362. The highest BCUT2D eigenvalue weighted by atomic mass is 16.5. The molecule has 0 aromatic rings. The van der Waals surface area contributed by atoms with E-state index in [2.05, 4.69) is 5.32 Å². The third kappa shape index (κ3) is 3.17. The SMILES string of the molecule is CC=CC=CC(=O)NC1COCC1(C)C(=O)O. The molecule has 1 fully saturated rings. The standard InChI is InChI=1S/C12H17NO4/c1-3-4-5-6-10(14)13-9-7-17-8-12(9,2)11(15)16/h3-6,9H,7-8H2,1-2H3,(H,13,14)(H,15,16). The fourth-order valence-corrected chi connectivity index (χ4v) is 1.56. The van der Waals surface area contributed by atoms with Crippen LogP contribution in [0.1, 0.15) is 13.8 Å². The highest BCUT2D eigenvalue weighted by Crippen LogP contribution is 2.28. The molecule has 1 heterocycles. The van der Waals surface area contributed by atoms with Gasteiger partial charge in [-0.25, -0.2) is 0 Å². The van der Waals surface area contributed by atoms with Crippen molar-refractivity contribution in [2.75, 3.05) is 13.2 Å². The lowest BCUT2D eigenvalue weighted by molar-refractivity contribution is -0.148. The van der Waals surface area contributed by atoms with Gasteiger partial charge in [0.1, 0.15) is 5.41 Å². The second-order valence-corrected chi connectivity index (χ2v) is 4.18. The molecule has 2 atom stereocenters. The predicted octanol–water partition coefficient (Wildman–Crippen LogP) is 0.725. The first-order chi connectivity index (χ1) is 8.00. The minimum Gasteiger partial charge on any atom is -0.481 e. The summed E-state index contributed by atoms with van der Waals surface area (Å²) in [4.78, 5) is 22.6. The van der Waals surface area contributed by atoms with Crippen molar-refractivity contribution in [2.45, 2.75) is 19.9 Å². The van der Waals surface area contributed by atoms with Gasteiger partial charge in [-0.05, 0) is 13.8 Å². The van der Waals surface area contributed by atoms with Gasteiger partial charge < -0.3 is 15.2 Å². The van der Waals surface area contributed by atoms with E-state index in [1.807, 2.05) is 6.92 Å². The Morgan fingerprint density at radius 2 is 2.18 bits per heavy atom. The largest absolute Gasteiger partial charge is 0.481 e. The lowest BCUT2D eigenvalue weighted by Crippen LogP contribution is -2.49. The van der Waals surface area contributed by atoms with Crippen molar-refractivity contribution in [3.63, 3.8) is 0 Å². The minimum absolute atomic E-state index is 0.117. The molecule has 2 unspecified atom stereocenters. The molecule has 0 aromatic heterocycles. The number of hydrogen-bond acceptors (Lipinski definition) is 3. The summed E-state index contributed by atoms with van der Waals surface area (Å²) >= 11 is 0. The zero-order valence-corrected chi connectivity index (χ0v) is 9.97. The van der Waals surface area contributed by atoms with Crippen LogP contribution in [0.15, 0.2) is 24.3 Å². The summed E-state index contributed by atoms with van der Waals surface area (Å²) in [5.74, 6) is -1.27. The Balaban J connectivity index is 2.62. The van der Waals surface area contributed by atoms with Crippen molar-refractivity contribution < 1.29 is 19.4 Å². The van der Waals surface area contributed by atoms with E-state index in [1.165, 1.54) is 6.08 Å². The summed E-state index contributed by atoms with van der Waals surface area (Å²) in [5, 5.41) is 11.8. The van der Waals surface area contributed by atoms with Gasteiger partial charge in [0.05, 0.1) is 19.3 Å². The maximum absolute atomic E-state index is 11.5. The van der Waals surface area contributed by atoms with Gasteiger partial charge in [0.25, 0.3) is 0 Å². The molecule has 1 aliphatic rings. The molecule has 0 radical (unpaired) electrons. The van der Waals surface area contributed by atoms with Crippen molar-refractivity contribution in [3.05, 3.63) is 24.3 Å². The van der Waals surface area contributed by atoms with Crippen molar-refractivity contribution >= 4 is 11.9 Å². The Labute approximate surface area is 100 Å². The first-order valence-corrected chi connectivity index (χ1v) is 5.41. The maximum Gasteiger partial charge on any atom is 0.313 e. The number of amides is 1. The highest BCUT2D eigenvalue weighted by Gasteiger charge is 2.47. The lowest BCUT2D eigenvalue weighted by atomic mass is 9.85. The van der Waals surface area contributed by atoms with Crippen LogP contribution in [0.2, 0.25) is 0 Å². The summed E-state index contributed by atoms with van der Waals surface area (Å²) < 4.78 is 5.13. The van der Waals surface area contributed by atoms with Crippen LogP contribution >= 0.6 is 0 Å². The summed E-state index contributed by atoms with van der Waals surface area (Å²) in [7, 11) is 0. The van der Waals surface area contributed by atoms with Crippen LogP contribution in [0.4, 0.5) is 0 Å². The van der Waals surface area contributed by atoms with Gasteiger partial charge in [0, 0.05) is 6.08 Å². The van der Waals surface area contributed by atoms with Crippen LogP contribution in [-0.4, -0.2) is 36.2 Å². The van der Waals surface area contributed by atoms with Gasteiger partial charge in [-0.1, -0.05) is 18.2 Å². The number of ether oxygens (including phenoxy) is 1. The zero-order chi connectivity index (χ0) is 12.9. The third-order valence-corrected chi connectivity index (χ3v) is 2.81. The van der Waals surface area contributed by atoms with Crippen LogP contribution in [0.3, 0.4) is 0 Å². The van der Waals surface area contributed by atoms with Crippen molar-refractivity contribution in [1.29, 1.82) is 0 Å². The Kier molecular flexibility index (Phi) is 4.45. The summed E-state index contributed by atoms with van der Waals surface area (Å²) in [6, 6.07) is -0.497. The van der Waals surface area contributed by atoms with E-state index in [4.69, 9.17) is 9.84 Å². The number of allylic oxidation sites excluding steroid dienone is 3. The van der Waals surface area contributed by atoms with Gasteiger partial charge in [0.15, 0.2) is 0 Å². The average Bonchev–Trinajstić information content (AvgIpc) is 2.62. The molecule has 17 heavy (non-hydrogen) atoms. The fraction of sp³-hybridized carbons (Fsp3) is 0.500. The van der Waals surface area contributed by atoms with E-state index >= 15 is 0 Å². The van der Waals surface area contributed by atoms with E-state index in [0.29, 0.717) is 0 Å². The lowest BCUT2D eigenvalue weighted by Gasteiger charge is -2.24. The molecular formula is C12H17NO4. The minimum atomic E-state index is -1.05. The second-order valence-electron chi connectivity index (χ2n) is 4.18. The molecule has 0 spiro atoms. The van der Waals surface area contributed by atoms with Crippen LogP contribution < -0.4 is 5.32 Å². The van der Waals surface area contributed by atoms with Gasteiger partial charge in [-0.3, -0.25) is 9.59 Å². The van der Waals surface area contributed by atoms with Gasteiger partial charge in [-0.15, -0.1) is 0 Å². The van der Waals surface area contributed by atoms with E-state index in [0.717, 1.165) is 0 Å². The molecule has 0 saturated carbocycles. The van der Waals surface area contributed by atoms with Crippen molar-refractivity contribution in [3.8, 4) is 0 Å². The molecule has 94 valence electrons. The topological polar surface area (TPSA) is 75.6 Å². The number of carboxylic acids is 1.